The van der Waals surface area contributed by atoms with Crippen molar-refractivity contribution in [2.75, 3.05) is 32.0 Å². The third-order valence-corrected chi connectivity index (χ3v) is 8.00. The molecule has 2 aromatic carbocycles. The Morgan fingerprint density at radius 1 is 1.28 bits per heavy atom. The van der Waals surface area contributed by atoms with E-state index in [0.29, 0.717) is 26.1 Å². The normalized spacial score (nSPS) is 17.3. The number of hydrogen-bond donors (Lipinski definition) is 3. The second-order valence-corrected chi connectivity index (χ2v) is 10.9. The van der Waals surface area contributed by atoms with E-state index in [1.165, 1.54) is 24.3 Å². The molecule has 210 valence electrons. The van der Waals surface area contributed by atoms with Crippen LogP contribution in [0.3, 0.4) is 0 Å². The van der Waals surface area contributed by atoms with E-state index < -0.39 is 23.4 Å². The lowest BCUT2D eigenvalue weighted by molar-refractivity contribution is -0.150. The number of carbonyl (C=O) groups excluding carboxylic acids is 1. The lowest BCUT2D eigenvalue weighted by Crippen LogP contribution is -2.43. The predicted molar refractivity (Wildman–Crippen MR) is 144 cm³/mol. The number of fused-ring (bicyclic) bond motifs is 1. The predicted octanol–water partition coefficient (Wildman–Crippen LogP) is 5.30. The first-order chi connectivity index (χ1) is 18.5. The molecule has 3 N–H and O–H groups in total. The first-order valence-electron chi connectivity index (χ1n) is 12.4. The molecule has 7 nitrogen and oxygen atoms in total. The highest BCUT2D eigenvalue weighted by Crippen LogP contribution is 2.42. The van der Waals surface area contributed by atoms with Crippen molar-refractivity contribution < 1.29 is 32.9 Å². The van der Waals surface area contributed by atoms with E-state index in [9.17, 15) is 33.0 Å². The molecule has 0 saturated carbocycles. The van der Waals surface area contributed by atoms with Gasteiger partial charge in [-0.05, 0) is 62.7 Å². The van der Waals surface area contributed by atoms with Crippen LogP contribution in [0.15, 0.2) is 46.1 Å². The van der Waals surface area contributed by atoms with Gasteiger partial charge in [-0.2, -0.15) is 13.2 Å². The van der Waals surface area contributed by atoms with Gasteiger partial charge in [-0.25, -0.2) is 0 Å². The molecule has 1 aliphatic rings. The summed E-state index contributed by atoms with van der Waals surface area (Å²) in [5.74, 6) is -0.757. The van der Waals surface area contributed by atoms with Crippen LogP contribution in [0, 0.1) is 5.92 Å². The quantitative estimate of drug-likeness (QED) is 0.244. The van der Waals surface area contributed by atoms with Crippen molar-refractivity contribution in [1.82, 2.24) is 9.88 Å². The number of esters is 1. The van der Waals surface area contributed by atoms with E-state index in [1.807, 2.05) is 4.90 Å². The summed E-state index contributed by atoms with van der Waals surface area (Å²) < 4.78 is 45.8. The Kier molecular flexibility index (Phi) is 9.15. The van der Waals surface area contributed by atoms with Crippen LogP contribution in [0.2, 0.25) is 5.02 Å². The fraction of sp³-hybridized carbons (Fsp3) is 0.407. The number of rotatable bonds is 8. The number of halogens is 4. The summed E-state index contributed by atoms with van der Waals surface area (Å²) in [5, 5.41) is 21.7. The highest BCUT2D eigenvalue weighted by Gasteiger charge is 2.32. The van der Waals surface area contributed by atoms with Gasteiger partial charge in [0.15, 0.2) is 0 Å². The highest BCUT2D eigenvalue weighted by molar-refractivity contribution is 7.99. The van der Waals surface area contributed by atoms with Gasteiger partial charge in [0.05, 0.1) is 29.1 Å². The number of phenolic OH excluding ortho intramolecular Hbond substituents is 1. The molecule has 1 aromatic heterocycles. The number of aliphatic hydroxyl groups is 1. The fourth-order valence-electron chi connectivity index (χ4n) is 4.77. The average molecular weight is 585 g/mol. The standard InChI is InChI=1S/C27H28ClF3N2O5S/c1-2-38-26(37)15-4-3-9-33(12-15)13-18(34)14-39-24-23(20-11-17(28)6-8-22(20)35)19-10-16(27(29,30)31)5-7-21(19)32-25(24)36/h5-8,10-11,15,18,34-35H,2-4,9,12-14H2,1H3,(H,32,36). The number of ether oxygens (including phenoxy) is 1. The number of carbonyl (C=O) groups is 1. The molecule has 2 unspecified atom stereocenters. The van der Waals surface area contributed by atoms with E-state index in [2.05, 4.69) is 4.98 Å². The molecule has 0 radical (unpaired) electrons. The number of nitrogens with zero attached hydrogens (tertiary/aromatic N) is 1. The Bertz CT molecular complexity index is 1410. The molecule has 12 heteroatoms. The summed E-state index contributed by atoms with van der Waals surface area (Å²) in [6, 6.07) is 7.08. The summed E-state index contributed by atoms with van der Waals surface area (Å²) in [4.78, 5) is 29.9. The van der Waals surface area contributed by atoms with E-state index >= 15 is 0 Å². The number of aromatic nitrogens is 1. The average Bonchev–Trinajstić information content (AvgIpc) is 2.88. The number of aromatic amines is 1. The minimum atomic E-state index is -4.63. The molecule has 0 aliphatic carbocycles. The molecule has 3 aromatic rings. The van der Waals surface area contributed by atoms with Crippen molar-refractivity contribution in [2.24, 2.45) is 5.92 Å². The number of piperidine rings is 1. The monoisotopic (exact) mass is 584 g/mol. The maximum Gasteiger partial charge on any atom is 0.416 e. The van der Waals surface area contributed by atoms with Gasteiger partial charge >= 0.3 is 12.1 Å². The Labute approximate surface area is 231 Å². The van der Waals surface area contributed by atoms with Gasteiger partial charge in [-0.1, -0.05) is 11.6 Å². The Morgan fingerprint density at radius 3 is 2.77 bits per heavy atom. The molecule has 39 heavy (non-hydrogen) atoms. The number of benzene rings is 2. The minimum Gasteiger partial charge on any atom is -0.507 e. The summed E-state index contributed by atoms with van der Waals surface area (Å²) in [5.41, 5.74) is -1.14. The molecule has 0 amide bonds. The van der Waals surface area contributed by atoms with Crippen LogP contribution in [-0.2, 0) is 15.7 Å². The number of aromatic hydroxyl groups is 1. The minimum absolute atomic E-state index is 0.0430. The van der Waals surface area contributed by atoms with Gasteiger partial charge in [0.25, 0.3) is 5.56 Å². The van der Waals surface area contributed by atoms with Crippen LogP contribution < -0.4 is 5.56 Å². The summed E-state index contributed by atoms with van der Waals surface area (Å²) >= 11 is 7.12. The smallest absolute Gasteiger partial charge is 0.416 e. The number of alkyl halides is 3. The topological polar surface area (TPSA) is 103 Å². The van der Waals surface area contributed by atoms with Crippen LogP contribution in [-0.4, -0.2) is 64.2 Å². The number of phenols is 1. The van der Waals surface area contributed by atoms with Gasteiger partial charge in [0.1, 0.15) is 5.75 Å². The number of likely N-dealkylation sites (tertiary alicyclic amines) is 1. The van der Waals surface area contributed by atoms with E-state index in [4.69, 9.17) is 16.3 Å². The largest absolute Gasteiger partial charge is 0.507 e. The number of pyridine rings is 1. The molecule has 1 fully saturated rings. The first-order valence-corrected chi connectivity index (χ1v) is 13.8. The molecule has 1 saturated heterocycles. The number of β-amino-alcohol motifs (C(OH)–C–C–N with tert-alkyl or cyclic N) is 1. The Balaban J connectivity index is 1.65. The van der Waals surface area contributed by atoms with Gasteiger partial charge < -0.3 is 19.9 Å². The van der Waals surface area contributed by atoms with Crippen molar-refractivity contribution in [3.8, 4) is 16.9 Å². The molecular weight excluding hydrogens is 557 g/mol. The zero-order chi connectivity index (χ0) is 28.3. The Hall–Kier alpha value is -2.73. The van der Waals surface area contributed by atoms with Crippen LogP contribution >= 0.6 is 23.4 Å². The third-order valence-electron chi connectivity index (χ3n) is 6.54. The third kappa shape index (κ3) is 6.89. The van der Waals surface area contributed by atoms with Crippen molar-refractivity contribution in [3.05, 3.63) is 57.3 Å². The van der Waals surface area contributed by atoms with Crippen LogP contribution in [0.1, 0.15) is 25.3 Å². The summed E-state index contributed by atoms with van der Waals surface area (Å²) in [6.45, 7) is 3.42. The summed E-state index contributed by atoms with van der Waals surface area (Å²) in [7, 11) is 0. The SMILES string of the molecule is CCOC(=O)C1CCCN(CC(O)CSc2c(-c3cc(Cl)ccc3O)c3cc(C(F)(F)F)ccc3[nH]c2=O)C1. The van der Waals surface area contributed by atoms with Gasteiger partial charge in [0, 0.05) is 45.9 Å². The number of thioether (sulfide) groups is 1. The second kappa shape index (κ2) is 12.2. The second-order valence-electron chi connectivity index (χ2n) is 9.39. The maximum atomic E-state index is 13.6. The molecule has 2 heterocycles. The van der Waals surface area contributed by atoms with Crippen LogP contribution in [0.4, 0.5) is 13.2 Å². The zero-order valence-corrected chi connectivity index (χ0v) is 22.6. The highest BCUT2D eigenvalue weighted by atomic mass is 35.5. The fourth-order valence-corrected chi connectivity index (χ4v) is 5.95. The number of nitrogens with one attached hydrogen (secondary N) is 1. The van der Waals surface area contributed by atoms with Crippen molar-refractivity contribution in [1.29, 1.82) is 0 Å². The number of aliphatic hydroxyl groups excluding tert-OH is 1. The molecule has 2 atom stereocenters. The maximum absolute atomic E-state index is 13.6. The van der Waals surface area contributed by atoms with E-state index in [-0.39, 0.29) is 61.9 Å². The van der Waals surface area contributed by atoms with Crippen LogP contribution in [0.5, 0.6) is 5.75 Å². The van der Waals surface area contributed by atoms with Crippen LogP contribution in [0.25, 0.3) is 22.0 Å². The van der Waals surface area contributed by atoms with Gasteiger partial charge in [-0.15, -0.1) is 11.8 Å². The molecule has 0 spiro atoms. The zero-order valence-electron chi connectivity index (χ0n) is 21.1. The number of hydrogen-bond acceptors (Lipinski definition) is 7. The van der Waals surface area contributed by atoms with Gasteiger partial charge in [0.2, 0.25) is 0 Å². The van der Waals surface area contributed by atoms with Crippen molar-refractivity contribution in [3.63, 3.8) is 0 Å². The van der Waals surface area contributed by atoms with Gasteiger partial charge in [-0.3, -0.25) is 14.5 Å². The molecule has 1 aliphatic heterocycles. The first kappa shape index (κ1) is 29.3. The Morgan fingerprint density at radius 2 is 2.05 bits per heavy atom. The van der Waals surface area contributed by atoms with Crippen molar-refractivity contribution in [2.45, 2.75) is 36.9 Å². The number of H-pyrrole nitrogens is 1. The summed E-state index contributed by atoms with van der Waals surface area (Å²) in [6.07, 6.45) is -4.06. The van der Waals surface area contributed by atoms with E-state index in [0.717, 1.165) is 30.3 Å². The molecule has 4 rings (SSSR count). The lowest BCUT2D eigenvalue weighted by atomic mass is 9.98. The van der Waals surface area contributed by atoms with Crippen molar-refractivity contribution >= 4 is 40.2 Å². The lowest BCUT2D eigenvalue weighted by Gasteiger charge is -2.32. The molecule has 0 bridgehead atoms. The van der Waals surface area contributed by atoms with E-state index in [1.54, 1.807) is 6.92 Å². The molecular formula is C27H28ClF3N2O5S.